The summed E-state index contributed by atoms with van der Waals surface area (Å²) in [5.74, 6) is -1.96. The first-order chi connectivity index (χ1) is 10.7. The molecule has 0 aliphatic rings. The molecular formula is C16H17F2NO3S. The van der Waals surface area contributed by atoms with E-state index in [9.17, 15) is 22.3 Å². The molecule has 0 saturated heterocycles. The Morgan fingerprint density at radius 3 is 2.39 bits per heavy atom. The third-order valence-corrected chi connectivity index (χ3v) is 4.64. The van der Waals surface area contributed by atoms with Crippen LogP contribution in [0.15, 0.2) is 48.5 Å². The smallest absolute Gasteiger partial charge is 0.215 e. The molecule has 0 amide bonds. The van der Waals surface area contributed by atoms with Crippen LogP contribution < -0.4 is 4.72 Å². The summed E-state index contributed by atoms with van der Waals surface area (Å²) in [6.07, 6.45) is 0. The maximum Gasteiger partial charge on any atom is 0.215 e. The van der Waals surface area contributed by atoms with Crippen molar-refractivity contribution in [3.05, 3.63) is 71.3 Å². The number of aliphatic hydroxyl groups is 1. The first-order valence-corrected chi connectivity index (χ1v) is 8.54. The van der Waals surface area contributed by atoms with E-state index >= 15 is 0 Å². The highest BCUT2D eigenvalue weighted by Crippen LogP contribution is 2.23. The minimum absolute atomic E-state index is 0.179. The van der Waals surface area contributed by atoms with Crippen LogP contribution in [0, 0.1) is 11.6 Å². The van der Waals surface area contributed by atoms with Crippen molar-refractivity contribution in [2.24, 2.45) is 0 Å². The van der Waals surface area contributed by atoms with Crippen molar-refractivity contribution in [2.45, 2.75) is 18.3 Å². The van der Waals surface area contributed by atoms with Gasteiger partial charge in [-0.1, -0.05) is 36.4 Å². The van der Waals surface area contributed by atoms with E-state index < -0.39 is 33.8 Å². The summed E-state index contributed by atoms with van der Waals surface area (Å²) in [5.41, 5.74) is -1.39. The molecule has 2 rings (SSSR count). The standard InChI is InChI=1S/C16H17F2NO3S/c1-16(20,14-8-7-13(17)9-15(14)18)11-19-23(21,22)10-12-5-3-2-4-6-12/h2-9,19-20H,10-11H2,1H3. The van der Waals surface area contributed by atoms with Crippen LogP contribution in [-0.2, 0) is 21.4 Å². The predicted molar refractivity (Wildman–Crippen MR) is 83.0 cm³/mol. The molecule has 2 N–H and O–H groups in total. The molecule has 23 heavy (non-hydrogen) atoms. The van der Waals surface area contributed by atoms with Crippen LogP contribution in [0.5, 0.6) is 0 Å². The highest BCUT2D eigenvalue weighted by Gasteiger charge is 2.28. The number of nitrogens with one attached hydrogen (secondary N) is 1. The zero-order chi connectivity index (χ0) is 17.1. The molecule has 0 radical (unpaired) electrons. The van der Waals surface area contributed by atoms with Crippen LogP contribution in [0.1, 0.15) is 18.1 Å². The zero-order valence-electron chi connectivity index (χ0n) is 12.5. The lowest BCUT2D eigenvalue weighted by Gasteiger charge is -2.24. The molecule has 0 spiro atoms. The Kier molecular flexibility index (Phi) is 5.13. The molecule has 4 nitrogen and oxygen atoms in total. The van der Waals surface area contributed by atoms with Crippen LogP contribution in [0.4, 0.5) is 8.78 Å². The fourth-order valence-electron chi connectivity index (χ4n) is 2.12. The lowest BCUT2D eigenvalue weighted by Crippen LogP contribution is -2.39. The van der Waals surface area contributed by atoms with E-state index in [1.54, 1.807) is 30.3 Å². The largest absolute Gasteiger partial charge is 0.384 e. The van der Waals surface area contributed by atoms with Crippen molar-refractivity contribution >= 4 is 10.0 Å². The van der Waals surface area contributed by atoms with Gasteiger partial charge < -0.3 is 5.11 Å². The third kappa shape index (κ3) is 4.82. The van der Waals surface area contributed by atoms with Crippen molar-refractivity contribution in [1.82, 2.24) is 4.72 Å². The van der Waals surface area contributed by atoms with Gasteiger partial charge in [0.1, 0.15) is 17.2 Å². The fraction of sp³-hybridized carbons (Fsp3) is 0.250. The van der Waals surface area contributed by atoms with Gasteiger partial charge >= 0.3 is 0 Å². The molecule has 0 heterocycles. The molecule has 2 aromatic carbocycles. The Morgan fingerprint density at radius 1 is 1.13 bits per heavy atom. The molecule has 0 aliphatic carbocycles. The number of benzene rings is 2. The van der Waals surface area contributed by atoms with Crippen LogP contribution in [-0.4, -0.2) is 20.1 Å². The molecule has 0 bridgehead atoms. The molecule has 0 fully saturated rings. The Morgan fingerprint density at radius 2 is 1.78 bits per heavy atom. The van der Waals surface area contributed by atoms with Gasteiger partial charge in [0.05, 0.1) is 5.75 Å². The summed E-state index contributed by atoms with van der Waals surface area (Å²) in [7, 11) is -3.70. The normalized spacial score (nSPS) is 14.4. The molecule has 7 heteroatoms. The van der Waals surface area contributed by atoms with E-state index in [1.807, 2.05) is 0 Å². The third-order valence-electron chi connectivity index (χ3n) is 3.35. The fourth-order valence-corrected chi connectivity index (χ4v) is 3.35. The van der Waals surface area contributed by atoms with E-state index in [-0.39, 0.29) is 11.3 Å². The minimum Gasteiger partial charge on any atom is -0.384 e. The van der Waals surface area contributed by atoms with Crippen LogP contribution in [0.25, 0.3) is 0 Å². The van der Waals surface area contributed by atoms with Gasteiger partial charge in [-0.3, -0.25) is 0 Å². The minimum atomic E-state index is -3.70. The summed E-state index contributed by atoms with van der Waals surface area (Å²) in [4.78, 5) is 0. The number of halogens is 2. The Hall–Kier alpha value is -1.83. The molecular weight excluding hydrogens is 324 g/mol. The average molecular weight is 341 g/mol. The van der Waals surface area contributed by atoms with E-state index in [4.69, 9.17) is 0 Å². The lowest BCUT2D eigenvalue weighted by molar-refractivity contribution is 0.0588. The van der Waals surface area contributed by atoms with Gasteiger partial charge in [-0.25, -0.2) is 21.9 Å². The second-order valence-corrected chi connectivity index (χ2v) is 7.27. The monoisotopic (exact) mass is 341 g/mol. The van der Waals surface area contributed by atoms with Gasteiger partial charge in [-0.2, -0.15) is 0 Å². The van der Waals surface area contributed by atoms with Crippen molar-refractivity contribution in [3.8, 4) is 0 Å². The summed E-state index contributed by atoms with van der Waals surface area (Å²) in [5, 5.41) is 10.3. The Bertz CT molecular complexity index is 777. The van der Waals surface area contributed by atoms with E-state index in [0.717, 1.165) is 12.1 Å². The summed E-state index contributed by atoms with van der Waals surface area (Å²) < 4.78 is 53.0. The lowest BCUT2D eigenvalue weighted by atomic mass is 9.96. The van der Waals surface area contributed by atoms with Crippen molar-refractivity contribution in [2.75, 3.05) is 6.54 Å². The number of rotatable bonds is 6. The molecule has 1 unspecified atom stereocenters. The average Bonchev–Trinajstić information content (AvgIpc) is 2.46. The summed E-state index contributed by atoms with van der Waals surface area (Å²) in [6.45, 7) is 0.832. The van der Waals surface area contributed by atoms with Gasteiger partial charge in [-0.05, 0) is 18.6 Å². The van der Waals surface area contributed by atoms with E-state index in [2.05, 4.69) is 4.72 Å². The molecule has 0 saturated carbocycles. The van der Waals surface area contributed by atoms with Crippen molar-refractivity contribution in [3.63, 3.8) is 0 Å². The maximum absolute atomic E-state index is 13.7. The highest BCUT2D eigenvalue weighted by atomic mass is 32.2. The van der Waals surface area contributed by atoms with Crippen LogP contribution >= 0.6 is 0 Å². The Labute approximate surface area is 133 Å². The maximum atomic E-state index is 13.7. The first-order valence-electron chi connectivity index (χ1n) is 6.89. The predicted octanol–water partition coefficient (Wildman–Crippen LogP) is 2.29. The van der Waals surface area contributed by atoms with E-state index in [0.29, 0.717) is 11.6 Å². The number of hydrogen-bond donors (Lipinski definition) is 2. The highest BCUT2D eigenvalue weighted by molar-refractivity contribution is 7.88. The summed E-state index contributed by atoms with van der Waals surface area (Å²) >= 11 is 0. The second kappa shape index (κ2) is 6.74. The van der Waals surface area contributed by atoms with E-state index in [1.165, 1.54) is 6.92 Å². The zero-order valence-corrected chi connectivity index (χ0v) is 13.3. The molecule has 1 atom stereocenters. The number of sulfonamides is 1. The van der Waals surface area contributed by atoms with Gasteiger partial charge in [-0.15, -0.1) is 0 Å². The first kappa shape index (κ1) is 17.5. The molecule has 0 aliphatic heterocycles. The van der Waals surface area contributed by atoms with Crippen LogP contribution in [0.3, 0.4) is 0 Å². The topological polar surface area (TPSA) is 66.4 Å². The molecule has 0 aromatic heterocycles. The molecule has 2 aromatic rings. The van der Waals surface area contributed by atoms with Gasteiger partial charge in [0.15, 0.2) is 0 Å². The quantitative estimate of drug-likeness (QED) is 0.847. The van der Waals surface area contributed by atoms with Crippen molar-refractivity contribution < 1.29 is 22.3 Å². The Balaban J connectivity index is 2.09. The van der Waals surface area contributed by atoms with Crippen molar-refractivity contribution in [1.29, 1.82) is 0 Å². The van der Waals surface area contributed by atoms with Gasteiger partial charge in [0.2, 0.25) is 10.0 Å². The van der Waals surface area contributed by atoms with Crippen LogP contribution in [0.2, 0.25) is 0 Å². The summed E-state index contributed by atoms with van der Waals surface area (Å²) in [6, 6.07) is 11.3. The number of hydrogen-bond acceptors (Lipinski definition) is 3. The SMILES string of the molecule is CC(O)(CNS(=O)(=O)Cc1ccccc1)c1ccc(F)cc1F. The van der Waals surface area contributed by atoms with Gasteiger partial charge in [0.25, 0.3) is 0 Å². The van der Waals surface area contributed by atoms with Gasteiger partial charge in [0, 0.05) is 18.2 Å². The molecule has 124 valence electrons. The second-order valence-electron chi connectivity index (χ2n) is 5.46.